The average molecular weight is 535 g/mol. The summed E-state index contributed by atoms with van der Waals surface area (Å²) in [5.41, 5.74) is 0. The second kappa shape index (κ2) is 30.0. The molecule has 1 N–H and O–H groups in total. The Labute approximate surface area is 236 Å². The summed E-state index contributed by atoms with van der Waals surface area (Å²) in [6, 6.07) is 0. The number of hydrogen-bond donors (Lipinski definition) is 1. The van der Waals surface area contributed by atoms with Gasteiger partial charge in [-0.1, -0.05) is 135 Å². The Morgan fingerprint density at radius 1 is 0.553 bits per heavy atom. The van der Waals surface area contributed by atoms with Crippen molar-refractivity contribution in [3.8, 4) is 0 Å². The molecular formula is C34H62O4. The molecule has 4 heteroatoms. The third kappa shape index (κ3) is 29.0. The zero-order chi connectivity index (χ0) is 27.9. The van der Waals surface area contributed by atoms with Crippen LogP contribution in [0.3, 0.4) is 0 Å². The summed E-state index contributed by atoms with van der Waals surface area (Å²) < 4.78 is 5.75. The van der Waals surface area contributed by atoms with Crippen LogP contribution in [0.2, 0.25) is 0 Å². The number of ether oxygens (including phenoxy) is 1. The molecule has 38 heavy (non-hydrogen) atoms. The lowest BCUT2D eigenvalue weighted by molar-refractivity contribution is -0.140. The Kier molecular flexibility index (Phi) is 28.7. The summed E-state index contributed by atoms with van der Waals surface area (Å²) in [6.07, 6.45) is 35.6. The molecule has 0 amide bonds. The van der Waals surface area contributed by atoms with E-state index in [1.807, 2.05) is 0 Å². The average Bonchev–Trinajstić information content (AvgIpc) is 2.89. The lowest BCUT2D eigenvalue weighted by Gasteiger charge is -2.09. The van der Waals surface area contributed by atoms with Gasteiger partial charge in [-0.25, -0.2) is 0 Å². The first-order valence-corrected chi connectivity index (χ1v) is 16.4. The first kappa shape index (κ1) is 36.4. The van der Waals surface area contributed by atoms with Gasteiger partial charge in [0.05, 0.1) is 0 Å². The highest BCUT2D eigenvalue weighted by molar-refractivity contribution is 5.70. The van der Waals surface area contributed by atoms with Crippen LogP contribution in [-0.4, -0.2) is 17.0 Å². The van der Waals surface area contributed by atoms with E-state index in [0.717, 1.165) is 89.2 Å². The van der Waals surface area contributed by atoms with Gasteiger partial charge in [0.1, 0.15) is 5.76 Å². The van der Waals surface area contributed by atoms with Crippen molar-refractivity contribution in [1.82, 2.24) is 0 Å². The van der Waals surface area contributed by atoms with E-state index >= 15 is 0 Å². The summed E-state index contributed by atoms with van der Waals surface area (Å²) in [7, 11) is 0. The Morgan fingerprint density at radius 3 is 1.55 bits per heavy atom. The fourth-order valence-corrected chi connectivity index (χ4v) is 4.71. The van der Waals surface area contributed by atoms with Crippen LogP contribution in [0.25, 0.3) is 0 Å². The van der Waals surface area contributed by atoms with Gasteiger partial charge in [-0.05, 0) is 44.6 Å². The summed E-state index contributed by atoms with van der Waals surface area (Å²) in [4.78, 5) is 22.9. The normalized spacial score (nSPS) is 11.9. The molecule has 0 aromatic heterocycles. The molecule has 0 aliphatic rings. The minimum Gasteiger partial charge on any atom is -0.481 e. The van der Waals surface area contributed by atoms with Crippen LogP contribution < -0.4 is 0 Å². The van der Waals surface area contributed by atoms with E-state index in [1.54, 1.807) is 0 Å². The predicted octanol–water partition coefficient (Wildman–Crippen LogP) is 11.2. The van der Waals surface area contributed by atoms with Gasteiger partial charge in [-0.3, -0.25) is 9.59 Å². The third-order valence-electron chi connectivity index (χ3n) is 7.17. The van der Waals surface area contributed by atoms with E-state index in [9.17, 15) is 9.59 Å². The largest absolute Gasteiger partial charge is 0.481 e. The predicted molar refractivity (Wildman–Crippen MR) is 162 cm³/mol. The molecule has 0 aromatic rings. The zero-order valence-electron chi connectivity index (χ0n) is 25.3. The molecule has 0 aliphatic heterocycles. The molecule has 0 saturated carbocycles. The lowest BCUT2D eigenvalue weighted by atomic mass is 10.0. The van der Waals surface area contributed by atoms with Crippen LogP contribution in [0.15, 0.2) is 24.0 Å². The number of rotatable bonds is 29. The van der Waals surface area contributed by atoms with Gasteiger partial charge >= 0.3 is 11.9 Å². The minimum atomic E-state index is -0.694. The molecule has 4 nitrogen and oxygen atoms in total. The monoisotopic (exact) mass is 534 g/mol. The molecule has 0 fully saturated rings. The van der Waals surface area contributed by atoms with Crippen LogP contribution in [0.1, 0.15) is 181 Å². The van der Waals surface area contributed by atoms with Crippen molar-refractivity contribution in [3.63, 3.8) is 0 Å². The summed E-state index contributed by atoms with van der Waals surface area (Å²) >= 11 is 0. The number of carbonyl (C=O) groups excluding carboxylic acids is 1. The van der Waals surface area contributed by atoms with E-state index in [0.29, 0.717) is 6.42 Å². The first-order valence-electron chi connectivity index (χ1n) is 16.4. The molecule has 0 atom stereocenters. The number of carboxylic acid groups (broad SMARTS) is 1. The highest BCUT2D eigenvalue weighted by Gasteiger charge is 2.07. The second-order valence-corrected chi connectivity index (χ2v) is 11.0. The molecule has 0 aliphatic carbocycles. The van der Waals surface area contributed by atoms with Crippen LogP contribution in [-0.2, 0) is 14.3 Å². The van der Waals surface area contributed by atoms with Crippen molar-refractivity contribution in [1.29, 1.82) is 0 Å². The van der Waals surface area contributed by atoms with E-state index < -0.39 is 5.97 Å². The third-order valence-corrected chi connectivity index (χ3v) is 7.17. The molecule has 222 valence electrons. The van der Waals surface area contributed by atoms with E-state index in [2.05, 4.69) is 32.1 Å². The Bertz CT molecular complexity index is 593. The van der Waals surface area contributed by atoms with Gasteiger partial charge in [0.15, 0.2) is 0 Å². The first-order chi connectivity index (χ1) is 18.6. The molecule has 0 bridgehead atoms. The zero-order valence-corrected chi connectivity index (χ0v) is 25.3. The fourth-order valence-electron chi connectivity index (χ4n) is 4.71. The number of carbonyl (C=O) groups is 2. The van der Waals surface area contributed by atoms with Crippen molar-refractivity contribution in [2.45, 2.75) is 181 Å². The molecule has 0 heterocycles. The van der Waals surface area contributed by atoms with E-state index in [1.165, 1.54) is 70.6 Å². The summed E-state index contributed by atoms with van der Waals surface area (Å²) in [5, 5.41) is 8.66. The lowest BCUT2D eigenvalue weighted by Crippen LogP contribution is -2.04. The highest BCUT2D eigenvalue weighted by Crippen LogP contribution is 2.16. The number of allylic oxidation sites excluding steroid dienone is 4. The maximum Gasteiger partial charge on any atom is 0.310 e. The van der Waals surface area contributed by atoms with Crippen LogP contribution in [0, 0.1) is 0 Å². The molecule has 0 spiro atoms. The number of esters is 1. The van der Waals surface area contributed by atoms with Crippen molar-refractivity contribution in [2.24, 2.45) is 0 Å². The van der Waals surface area contributed by atoms with Crippen molar-refractivity contribution >= 4 is 11.9 Å². The minimum absolute atomic E-state index is 0.0669. The Balaban J connectivity index is 3.91. The maximum absolute atomic E-state index is 12.4. The topological polar surface area (TPSA) is 63.6 Å². The van der Waals surface area contributed by atoms with Gasteiger partial charge in [0, 0.05) is 19.3 Å². The van der Waals surface area contributed by atoms with Gasteiger partial charge in [0.2, 0.25) is 0 Å². The number of aliphatic carboxylic acids is 1. The van der Waals surface area contributed by atoms with Gasteiger partial charge in [-0.2, -0.15) is 0 Å². The second-order valence-electron chi connectivity index (χ2n) is 11.0. The van der Waals surface area contributed by atoms with Crippen LogP contribution in [0.5, 0.6) is 0 Å². The van der Waals surface area contributed by atoms with Crippen molar-refractivity contribution in [3.05, 3.63) is 24.0 Å². The van der Waals surface area contributed by atoms with Crippen LogP contribution in [0.4, 0.5) is 0 Å². The quantitative estimate of drug-likeness (QED) is 0.0448. The number of carboxylic acids is 1. The SMILES string of the molecule is CCCCCCCCCCCCCCCC(=O)O/C(=C/C/C=C\CCCCCCCC(=O)O)CCCCC. The van der Waals surface area contributed by atoms with Crippen molar-refractivity contribution in [2.75, 3.05) is 0 Å². The Morgan fingerprint density at radius 2 is 1.00 bits per heavy atom. The molecule has 0 rings (SSSR count). The van der Waals surface area contributed by atoms with E-state index in [-0.39, 0.29) is 12.4 Å². The Hall–Kier alpha value is -1.58. The standard InChI is InChI=1S/C34H62O4/c1-3-5-7-8-9-10-11-12-13-17-20-23-27-31-34(37)38-32(28-24-6-4-2)29-25-21-18-15-14-16-19-22-26-30-33(35)36/h18,21,29H,3-17,19-20,22-28,30-31H2,1-2H3,(H,35,36)/b21-18-,32-29+. The molecule has 0 saturated heterocycles. The van der Waals surface area contributed by atoms with Gasteiger partial charge < -0.3 is 9.84 Å². The number of unbranched alkanes of at least 4 members (excludes halogenated alkanes) is 19. The fraction of sp³-hybridized carbons (Fsp3) is 0.824. The summed E-state index contributed by atoms with van der Waals surface area (Å²) in [5.74, 6) is 0.0873. The summed E-state index contributed by atoms with van der Waals surface area (Å²) in [6.45, 7) is 4.47. The number of hydrogen-bond acceptors (Lipinski definition) is 3. The smallest absolute Gasteiger partial charge is 0.310 e. The van der Waals surface area contributed by atoms with Crippen molar-refractivity contribution < 1.29 is 19.4 Å². The van der Waals surface area contributed by atoms with Crippen LogP contribution >= 0.6 is 0 Å². The molecule has 0 radical (unpaired) electrons. The molecular weight excluding hydrogens is 472 g/mol. The molecule has 0 unspecified atom stereocenters. The maximum atomic E-state index is 12.4. The van der Waals surface area contributed by atoms with Gasteiger partial charge in [0.25, 0.3) is 0 Å². The molecule has 0 aromatic carbocycles. The van der Waals surface area contributed by atoms with E-state index in [4.69, 9.17) is 9.84 Å². The highest BCUT2D eigenvalue weighted by atomic mass is 16.5. The van der Waals surface area contributed by atoms with Gasteiger partial charge in [-0.15, -0.1) is 0 Å².